The van der Waals surface area contributed by atoms with Crippen molar-refractivity contribution < 1.29 is 4.74 Å². The number of nitrogens with zero attached hydrogens (tertiary/aromatic N) is 1. The fourth-order valence-electron chi connectivity index (χ4n) is 1.19. The minimum Gasteiger partial charge on any atom is -0.492 e. The molecule has 1 atom stereocenters. The summed E-state index contributed by atoms with van der Waals surface area (Å²) in [5.41, 5.74) is 5.85. The highest BCUT2D eigenvalue weighted by Crippen LogP contribution is 2.07. The molecule has 2 N–H and O–H groups in total. The molecular weight excluding hydrogens is 176 g/mol. The minimum absolute atomic E-state index is 0.0502. The zero-order chi connectivity index (χ0) is 10.4. The Morgan fingerprint density at radius 2 is 2.07 bits per heavy atom. The summed E-state index contributed by atoms with van der Waals surface area (Å²) in [5.74, 6) is 0.845. The van der Waals surface area contributed by atoms with Crippen LogP contribution in [0.15, 0.2) is 24.3 Å². The molecule has 0 aromatic heterocycles. The second kappa shape index (κ2) is 5.62. The molecule has 0 saturated heterocycles. The Kier molecular flexibility index (Phi) is 4.43. The van der Waals surface area contributed by atoms with Crippen molar-refractivity contribution in [2.24, 2.45) is 5.73 Å². The Morgan fingerprint density at radius 1 is 1.43 bits per heavy atom. The third kappa shape index (κ3) is 4.25. The minimum atomic E-state index is 0.0502. The van der Waals surface area contributed by atoms with Crippen LogP contribution >= 0.6 is 0 Å². The summed E-state index contributed by atoms with van der Waals surface area (Å²) >= 11 is 0. The first-order valence-electron chi connectivity index (χ1n) is 4.67. The molecule has 0 fully saturated rings. The quantitative estimate of drug-likeness (QED) is 0.750. The van der Waals surface area contributed by atoms with Crippen LogP contribution in [0.5, 0.6) is 5.75 Å². The van der Waals surface area contributed by atoms with Crippen LogP contribution in [-0.2, 0) is 0 Å². The van der Waals surface area contributed by atoms with E-state index in [1.807, 2.05) is 43.3 Å². The number of hydrogen-bond acceptors (Lipinski definition) is 3. The molecule has 0 aliphatic heterocycles. The van der Waals surface area contributed by atoms with Gasteiger partial charge in [0.15, 0.2) is 0 Å². The molecule has 0 spiro atoms. The lowest BCUT2D eigenvalue weighted by molar-refractivity contribution is 0.254. The van der Waals surface area contributed by atoms with Crippen molar-refractivity contribution in [3.8, 4) is 5.75 Å². The van der Waals surface area contributed by atoms with Crippen LogP contribution < -0.4 is 10.5 Å². The van der Waals surface area contributed by atoms with Gasteiger partial charge in [-0.1, -0.05) is 12.1 Å². The summed E-state index contributed by atoms with van der Waals surface area (Å²) in [6, 6.07) is 10.4. The molecule has 0 saturated carbocycles. The third-order valence-corrected chi connectivity index (χ3v) is 1.75. The predicted molar refractivity (Wildman–Crippen MR) is 57.3 cm³/mol. The van der Waals surface area contributed by atoms with Crippen molar-refractivity contribution in [1.29, 1.82) is 0 Å². The first-order valence-corrected chi connectivity index (χ1v) is 4.67. The van der Waals surface area contributed by atoms with E-state index < -0.39 is 0 Å². The first-order chi connectivity index (χ1) is 6.68. The maximum atomic E-state index is 5.85. The molecular formula is C11H17N2O. The highest BCUT2D eigenvalue weighted by Gasteiger charge is 2.04. The summed E-state index contributed by atoms with van der Waals surface area (Å²) in [6.45, 7) is 1.38. The summed E-state index contributed by atoms with van der Waals surface area (Å²) in [4.78, 5) is 2.05. The Hall–Kier alpha value is -1.06. The van der Waals surface area contributed by atoms with Crippen LogP contribution in [0.1, 0.15) is 0 Å². The summed E-state index contributed by atoms with van der Waals surface area (Å²) in [6.07, 6.45) is 0. The van der Waals surface area contributed by atoms with Crippen LogP contribution in [0, 0.1) is 6.07 Å². The molecule has 1 aromatic carbocycles. The predicted octanol–water partition coefficient (Wildman–Crippen LogP) is 0.754. The molecule has 3 heteroatoms. The smallest absolute Gasteiger partial charge is 0.119 e. The van der Waals surface area contributed by atoms with E-state index >= 15 is 0 Å². The number of ether oxygens (including phenoxy) is 1. The molecule has 1 aromatic rings. The van der Waals surface area contributed by atoms with E-state index in [0.717, 1.165) is 12.3 Å². The monoisotopic (exact) mass is 193 g/mol. The fraction of sp³-hybridized carbons (Fsp3) is 0.455. The zero-order valence-electron chi connectivity index (χ0n) is 8.73. The Bertz CT molecular complexity index is 249. The maximum absolute atomic E-state index is 5.85. The lowest BCUT2D eigenvalue weighted by Gasteiger charge is -2.17. The molecule has 0 aliphatic carbocycles. The molecule has 3 nitrogen and oxygen atoms in total. The molecule has 14 heavy (non-hydrogen) atoms. The first kappa shape index (κ1) is 11.0. The van der Waals surface area contributed by atoms with Gasteiger partial charge in [-0.15, -0.1) is 0 Å². The molecule has 0 aliphatic rings. The highest BCUT2D eigenvalue weighted by molar-refractivity contribution is 5.20. The van der Waals surface area contributed by atoms with E-state index in [1.54, 1.807) is 0 Å². The van der Waals surface area contributed by atoms with Crippen molar-refractivity contribution in [2.75, 3.05) is 27.2 Å². The molecule has 77 valence electrons. The van der Waals surface area contributed by atoms with E-state index in [-0.39, 0.29) is 6.04 Å². The van der Waals surface area contributed by atoms with Gasteiger partial charge < -0.3 is 15.4 Å². The van der Waals surface area contributed by atoms with Crippen molar-refractivity contribution in [3.63, 3.8) is 0 Å². The average molecular weight is 193 g/mol. The largest absolute Gasteiger partial charge is 0.492 e. The molecule has 0 heterocycles. The van der Waals surface area contributed by atoms with Gasteiger partial charge in [-0.05, 0) is 32.3 Å². The average Bonchev–Trinajstić information content (AvgIpc) is 2.15. The summed E-state index contributed by atoms with van der Waals surface area (Å²) in [5, 5.41) is 0. The van der Waals surface area contributed by atoms with Gasteiger partial charge in [-0.2, -0.15) is 0 Å². The van der Waals surface area contributed by atoms with E-state index in [2.05, 4.69) is 6.07 Å². The molecule has 0 amide bonds. The lowest BCUT2D eigenvalue weighted by Crippen LogP contribution is -2.37. The van der Waals surface area contributed by atoms with Crippen LogP contribution in [0.4, 0.5) is 0 Å². The normalized spacial score (nSPS) is 12.9. The SMILES string of the molecule is CN(C)CC(N)COc1cc[c]cc1. The van der Waals surface area contributed by atoms with Crippen molar-refractivity contribution in [2.45, 2.75) is 6.04 Å². The van der Waals surface area contributed by atoms with Crippen LogP contribution in [-0.4, -0.2) is 38.2 Å². The lowest BCUT2D eigenvalue weighted by atomic mass is 10.3. The molecule has 1 unspecified atom stereocenters. The number of likely N-dealkylation sites (N-methyl/N-ethyl adjacent to an activating group) is 1. The Labute approximate surface area is 85.5 Å². The topological polar surface area (TPSA) is 38.5 Å². The van der Waals surface area contributed by atoms with Gasteiger partial charge in [0.2, 0.25) is 0 Å². The maximum Gasteiger partial charge on any atom is 0.119 e. The highest BCUT2D eigenvalue weighted by atomic mass is 16.5. The van der Waals surface area contributed by atoms with Crippen molar-refractivity contribution in [1.82, 2.24) is 4.90 Å². The Balaban J connectivity index is 2.27. The number of nitrogens with two attached hydrogens (primary N) is 1. The van der Waals surface area contributed by atoms with Crippen molar-refractivity contribution in [3.05, 3.63) is 30.3 Å². The van der Waals surface area contributed by atoms with Gasteiger partial charge in [-0.3, -0.25) is 0 Å². The van der Waals surface area contributed by atoms with Gasteiger partial charge in [0.05, 0.1) is 6.04 Å². The van der Waals surface area contributed by atoms with Gasteiger partial charge in [0, 0.05) is 6.54 Å². The number of rotatable bonds is 5. The van der Waals surface area contributed by atoms with E-state index in [4.69, 9.17) is 10.5 Å². The molecule has 1 rings (SSSR count). The Morgan fingerprint density at radius 3 is 2.64 bits per heavy atom. The van der Waals surface area contributed by atoms with E-state index in [1.165, 1.54) is 0 Å². The van der Waals surface area contributed by atoms with Gasteiger partial charge in [0.25, 0.3) is 0 Å². The van der Waals surface area contributed by atoms with Crippen LogP contribution in [0.25, 0.3) is 0 Å². The summed E-state index contributed by atoms with van der Waals surface area (Å²) < 4.78 is 5.50. The molecule has 0 bridgehead atoms. The van der Waals surface area contributed by atoms with Crippen LogP contribution in [0.3, 0.4) is 0 Å². The van der Waals surface area contributed by atoms with Crippen LogP contribution in [0.2, 0.25) is 0 Å². The van der Waals surface area contributed by atoms with E-state index in [9.17, 15) is 0 Å². The van der Waals surface area contributed by atoms with Gasteiger partial charge in [-0.25, -0.2) is 0 Å². The second-order valence-corrected chi connectivity index (χ2v) is 3.57. The fourth-order valence-corrected chi connectivity index (χ4v) is 1.19. The van der Waals surface area contributed by atoms with Gasteiger partial charge in [0.1, 0.15) is 12.4 Å². The third-order valence-electron chi connectivity index (χ3n) is 1.75. The van der Waals surface area contributed by atoms with Crippen molar-refractivity contribution >= 4 is 0 Å². The number of benzene rings is 1. The van der Waals surface area contributed by atoms with E-state index in [0.29, 0.717) is 6.61 Å². The second-order valence-electron chi connectivity index (χ2n) is 3.57. The van der Waals surface area contributed by atoms with Gasteiger partial charge >= 0.3 is 0 Å². The zero-order valence-corrected chi connectivity index (χ0v) is 8.73. The standard InChI is InChI=1S/C11H17N2O/c1-13(2)8-10(12)9-14-11-6-4-3-5-7-11/h4-7,10H,8-9,12H2,1-2H3. The summed E-state index contributed by atoms with van der Waals surface area (Å²) in [7, 11) is 3.99. The molecule has 1 radical (unpaired) electrons. The number of hydrogen-bond donors (Lipinski definition) is 1.